The Hall–Kier alpha value is -1.35. The molecule has 0 heterocycles. The number of amides is 1. The highest BCUT2D eigenvalue weighted by molar-refractivity contribution is 5.82. The van der Waals surface area contributed by atoms with Crippen LogP contribution in [0.1, 0.15) is 38.2 Å². The Bertz CT molecular complexity index is 432. The highest BCUT2D eigenvalue weighted by Gasteiger charge is 2.28. The molecule has 20 heavy (non-hydrogen) atoms. The van der Waals surface area contributed by atoms with E-state index in [4.69, 9.17) is 5.73 Å². The molecule has 1 fully saturated rings. The van der Waals surface area contributed by atoms with Gasteiger partial charge in [-0.15, -0.1) is 0 Å². The second kappa shape index (κ2) is 6.89. The van der Waals surface area contributed by atoms with Gasteiger partial charge >= 0.3 is 0 Å². The molecule has 1 amide bonds. The van der Waals surface area contributed by atoms with Crippen LogP contribution < -0.4 is 5.73 Å². The number of likely N-dealkylation sites (N-methyl/N-ethyl adjacent to an activating group) is 1. The summed E-state index contributed by atoms with van der Waals surface area (Å²) >= 11 is 0. The van der Waals surface area contributed by atoms with Gasteiger partial charge < -0.3 is 10.6 Å². The van der Waals surface area contributed by atoms with Gasteiger partial charge in [0, 0.05) is 13.1 Å². The second-order valence-corrected chi connectivity index (χ2v) is 6.17. The van der Waals surface area contributed by atoms with E-state index in [1.54, 1.807) is 0 Å². The average molecular weight is 274 g/mol. The molecule has 1 aliphatic rings. The van der Waals surface area contributed by atoms with E-state index in [-0.39, 0.29) is 5.91 Å². The average Bonchev–Trinajstić information content (AvgIpc) is 2.46. The van der Waals surface area contributed by atoms with Gasteiger partial charge in [0.05, 0.1) is 6.04 Å². The van der Waals surface area contributed by atoms with Gasteiger partial charge in [0.2, 0.25) is 5.91 Å². The van der Waals surface area contributed by atoms with Crippen molar-refractivity contribution >= 4 is 5.91 Å². The van der Waals surface area contributed by atoms with E-state index in [0.717, 1.165) is 18.4 Å². The number of hydrogen-bond donors (Lipinski definition) is 1. The summed E-state index contributed by atoms with van der Waals surface area (Å²) in [5, 5.41) is 0. The molecule has 2 rings (SSSR count). The molecule has 1 aromatic rings. The molecule has 1 aliphatic carbocycles. The molecular weight excluding hydrogens is 248 g/mol. The van der Waals surface area contributed by atoms with Gasteiger partial charge in [0.25, 0.3) is 0 Å². The van der Waals surface area contributed by atoms with Gasteiger partial charge in [-0.1, -0.05) is 50.1 Å². The predicted molar refractivity (Wildman–Crippen MR) is 82.3 cm³/mol. The first-order valence-electron chi connectivity index (χ1n) is 7.64. The van der Waals surface area contributed by atoms with Crippen molar-refractivity contribution in [2.24, 2.45) is 11.7 Å². The summed E-state index contributed by atoms with van der Waals surface area (Å²) in [6.07, 6.45) is 5.35. The maximum Gasteiger partial charge on any atom is 0.239 e. The molecule has 0 spiro atoms. The molecule has 0 radical (unpaired) electrons. The number of hydrogen-bond acceptors (Lipinski definition) is 2. The van der Waals surface area contributed by atoms with Crippen LogP contribution in [0, 0.1) is 5.92 Å². The Morgan fingerprint density at radius 2 is 2.05 bits per heavy atom. The van der Waals surface area contributed by atoms with E-state index < -0.39 is 6.04 Å². The van der Waals surface area contributed by atoms with Crippen molar-refractivity contribution in [3.8, 4) is 0 Å². The van der Waals surface area contributed by atoms with Gasteiger partial charge in [0.1, 0.15) is 0 Å². The molecule has 0 bridgehead atoms. The van der Waals surface area contributed by atoms with Crippen molar-refractivity contribution in [3.63, 3.8) is 0 Å². The smallest absolute Gasteiger partial charge is 0.239 e. The Labute approximate surface area is 122 Å². The Kier molecular flexibility index (Phi) is 5.18. The Morgan fingerprint density at radius 3 is 2.70 bits per heavy atom. The number of nitrogens with zero attached hydrogens (tertiary/aromatic N) is 1. The zero-order valence-electron chi connectivity index (χ0n) is 12.6. The van der Waals surface area contributed by atoms with Gasteiger partial charge in [-0.25, -0.2) is 0 Å². The fourth-order valence-corrected chi connectivity index (χ4v) is 3.15. The molecular formula is C17H26N2O. The summed E-state index contributed by atoms with van der Waals surface area (Å²) in [5.41, 5.74) is 7.22. The normalized spacial score (nSPS) is 24.1. The van der Waals surface area contributed by atoms with Crippen molar-refractivity contribution in [1.82, 2.24) is 4.90 Å². The van der Waals surface area contributed by atoms with Crippen LogP contribution in [0.3, 0.4) is 0 Å². The van der Waals surface area contributed by atoms with E-state index >= 15 is 0 Å². The van der Waals surface area contributed by atoms with Crippen molar-refractivity contribution in [1.29, 1.82) is 0 Å². The molecule has 0 saturated heterocycles. The van der Waals surface area contributed by atoms with Gasteiger partial charge in [-0.05, 0) is 30.7 Å². The summed E-state index contributed by atoms with van der Waals surface area (Å²) in [5.74, 6) is 0.794. The third-order valence-corrected chi connectivity index (χ3v) is 4.42. The number of rotatable bonds is 4. The van der Waals surface area contributed by atoms with Crippen LogP contribution in [0.5, 0.6) is 0 Å². The molecule has 3 nitrogen and oxygen atoms in total. The Morgan fingerprint density at radius 1 is 1.35 bits per heavy atom. The molecule has 2 N–H and O–H groups in total. The zero-order valence-corrected chi connectivity index (χ0v) is 12.6. The maximum absolute atomic E-state index is 12.5. The first kappa shape index (κ1) is 15.0. The lowest BCUT2D eigenvalue weighted by Gasteiger charge is -2.35. The molecule has 0 aliphatic heterocycles. The molecule has 1 aromatic carbocycles. The minimum atomic E-state index is -0.431. The molecule has 1 saturated carbocycles. The van der Waals surface area contributed by atoms with Gasteiger partial charge in [0.15, 0.2) is 0 Å². The number of benzene rings is 1. The van der Waals surface area contributed by atoms with Gasteiger partial charge in [-0.2, -0.15) is 0 Å². The summed E-state index contributed by atoms with van der Waals surface area (Å²) in [6.45, 7) is 2.27. The monoisotopic (exact) mass is 274 g/mol. The summed E-state index contributed by atoms with van der Waals surface area (Å²) < 4.78 is 0. The van der Waals surface area contributed by atoms with E-state index in [1.807, 2.05) is 42.3 Å². The van der Waals surface area contributed by atoms with E-state index in [0.29, 0.717) is 18.4 Å². The van der Waals surface area contributed by atoms with Crippen LogP contribution in [0.25, 0.3) is 0 Å². The third kappa shape index (κ3) is 3.83. The molecule has 0 aromatic heterocycles. The first-order valence-corrected chi connectivity index (χ1v) is 7.64. The van der Waals surface area contributed by atoms with E-state index in [2.05, 4.69) is 6.92 Å². The number of carbonyl (C=O) groups excluding carboxylic acids is 1. The Balaban J connectivity index is 1.92. The first-order chi connectivity index (χ1) is 9.58. The standard InChI is InChI=1S/C17H26N2O/c1-13-7-6-10-15(11-13)19(2)17(20)16(18)12-14-8-4-3-5-9-14/h3-5,8-9,13,15-16H,6-7,10-12,18H2,1-2H3/t13?,15?,16-/m0/s1. The minimum absolute atomic E-state index is 0.0768. The highest BCUT2D eigenvalue weighted by Crippen LogP contribution is 2.27. The SMILES string of the molecule is CC1CCCC(N(C)C(=O)[C@@H](N)Cc2ccccc2)C1. The molecule has 110 valence electrons. The topological polar surface area (TPSA) is 46.3 Å². The van der Waals surface area contributed by atoms with Crippen LogP contribution in [0.4, 0.5) is 0 Å². The lowest BCUT2D eigenvalue weighted by molar-refractivity contribution is -0.134. The minimum Gasteiger partial charge on any atom is -0.341 e. The highest BCUT2D eigenvalue weighted by atomic mass is 16.2. The summed E-state index contributed by atoms with van der Waals surface area (Å²) in [7, 11) is 1.91. The van der Waals surface area contributed by atoms with Crippen LogP contribution in [0.2, 0.25) is 0 Å². The predicted octanol–water partition coefficient (Wildman–Crippen LogP) is 2.59. The van der Waals surface area contributed by atoms with E-state index in [1.165, 1.54) is 12.8 Å². The van der Waals surface area contributed by atoms with Crippen molar-refractivity contribution in [2.45, 2.75) is 51.1 Å². The van der Waals surface area contributed by atoms with Crippen LogP contribution in [-0.2, 0) is 11.2 Å². The van der Waals surface area contributed by atoms with Crippen LogP contribution in [-0.4, -0.2) is 29.9 Å². The quantitative estimate of drug-likeness (QED) is 0.917. The summed E-state index contributed by atoms with van der Waals surface area (Å²) in [6, 6.07) is 9.93. The fourth-order valence-electron chi connectivity index (χ4n) is 3.15. The van der Waals surface area contributed by atoms with Crippen molar-refractivity contribution < 1.29 is 4.79 Å². The van der Waals surface area contributed by atoms with Crippen LogP contribution in [0.15, 0.2) is 30.3 Å². The molecule has 2 unspecified atom stereocenters. The van der Waals surface area contributed by atoms with Crippen molar-refractivity contribution in [3.05, 3.63) is 35.9 Å². The molecule has 3 atom stereocenters. The molecule has 3 heteroatoms. The lowest BCUT2D eigenvalue weighted by Crippen LogP contribution is -2.48. The number of carbonyl (C=O) groups is 1. The maximum atomic E-state index is 12.5. The van der Waals surface area contributed by atoms with Crippen LogP contribution >= 0.6 is 0 Å². The largest absolute Gasteiger partial charge is 0.341 e. The van der Waals surface area contributed by atoms with Gasteiger partial charge in [-0.3, -0.25) is 4.79 Å². The zero-order chi connectivity index (χ0) is 14.5. The second-order valence-electron chi connectivity index (χ2n) is 6.17. The van der Waals surface area contributed by atoms with E-state index in [9.17, 15) is 4.79 Å². The fraction of sp³-hybridized carbons (Fsp3) is 0.588. The van der Waals surface area contributed by atoms with Crippen molar-refractivity contribution in [2.75, 3.05) is 7.05 Å². The lowest BCUT2D eigenvalue weighted by atomic mass is 9.86. The summed E-state index contributed by atoms with van der Waals surface area (Å²) in [4.78, 5) is 14.3. The third-order valence-electron chi connectivity index (χ3n) is 4.42. The number of nitrogens with two attached hydrogens (primary N) is 1.